The van der Waals surface area contributed by atoms with Crippen LogP contribution in [0.4, 0.5) is 11.4 Å². The minimum Gasteiger partial charge on any atom is -0.377 e. The van der Waals surface area contributed by atoms with Crippen molar-refractivity contribution in [2.24, 2.45) is 5.73 Å². The van der Waals surface area contributed by atoms with Crippen LogP contribution in [0.25, 0.3) is 0 Å². The maximum atomic E-state index is 12.3. The van der Waals surface area contributed by atoms with Crippen LogP contribution < -0.4 is 16.4 Å². The first-order valence-corrected chi connectivity index (χ1v) is 8.18. The summed E-state index contributed by atoms with van der Waals surface area (Å²) in [6.45, 7) is 0.249. The lowest BCUT2D eigenvalue weighted by Crippen LogP contribution is -2.31. The molecule has 1 amide bonds. The van der Waals surface area contributed by atoms with Gasteiger partial charge in [-0.3, -0.25) is 14.9 Å². The Morgan fingerprint density at radius 1 is 1.24 bits per heavy atom. The van der Waals surface area contributed by atoms with E-state index in [2.05, 4.69) is 10.6 Å². The molecule has 1 aliphatic carbocycles. The molecule has 4 N–H and O–H groups in total. The zero-order valence-electron chi connectivity index (χ0n) is 13.6. The van der Waals surface area contributed by atoms with Gasteiger partial charge in [0.1, 0.15) is 5.69 Å². The lowest BCUT2D eigenvalue weighted by Gasteiger charge is -2.13. The molecule has 0 aromatic heterocycles. The second kappa shape index (κ2) is 7.31. The van der Waals surface area contributed by atoms with E-state index in [-0.39, 0.29) is 29.7 Å². The maximum Gasteiger partial charge on any atom is 0.293 e. The van der Waals surface area contributed by atoms with Crippen LogP contribution in [0.5, 0.6) is 0 Å². The van der Waals surface area contributed by atoms with Crippen molar-refractivity contribution in [2.75, 3.05) is 11.9 Å². The molecule has 2 aromatic carbocycles. The highest BCUT2D eigenvalue weighted by Gasteiger charge is 2.25. The molecule has 25 heavy (non-hydrogen) atoms. The molecule has 7 heteroatoms. The first-order chi connectivity index (χ1) is 12.0. The summed E-state index contributed by atoms with van der Waals surface area (Å²) in [5.74, 6) is -0.382. The van der Waals surface area contributed by atoms with Crippen molar-refractivity contribution < 1.29 is 9.72 Å². The third kappa shape index (κ3) is 4.33. The highest BCUT2D eigenvalue weighted by molar-refractivity contribution is 5.95. The molecule has 0 bridgehead atoms. The Labute approximate surface area is 145 Å². The van der Waals surface area contributed by atoms with E-state index in [1.165, 1.54) is 6.07 Å². The van der Waals surface area contributed by atoms with Gasteiger partial charge in [-0.2, -0.15) is 0 Å². The smallest absolute Gasteiger partial charge is 0.293 e. The van der Waals surface area contributed by atoms with Gasteiger partial charge in [0.15, 0.2) is 0 Å². The quantitative estimate of drug-likeness (QED) is 0.530. The molecule has 0 radical (unpaired) electrons. The molecule has 3 rings (SSSR count). The molecule has 0 aliphatic heterocycles. The van der Waals surface area contributed by atoms with E-state index in [0.717, 1.165) is 18.4 Å². The molecule has 1 aliphatic rings. The van der Waals surface area contributed by atoms with Gasteiger partial charge in [0.2, 0.25) is 0 Å². The van der Waals surface area contributed by atoms with Gasteiger partial charge in [0, 0.05) is 30.3 Å². The third-order valence-corrected chi connectivity index (χ3v) is 4.10. The Kier molecular flexibility index (Phi) is 4.95. The summed E-state index contributed by atoms with van der Waals surface area (Å²) in [5, 5.41) is 17.1. The van der Waals surface area contributed by atoms with Gasteiger partial charge in [-0.15, -0.1) is 0 Å². The minimum atomic E-state index is -0.475. The number of benzene rings is 2. The summed E-state index contributed by atoms with van der Waals surface area (Å²) in [5.41, 5.74) is 7.57. The Morgan fingerprint density at radius 2 is 1.96 bits per heavy atom. The number of hydrogen-bond acceptors (Lipinski definition) is 5. The fourth-order valence-corrected chi connectivity index (χ4v) is 2.52. The van der Waals surface area contributed by atoms with Crippen molar-refractivity contribution in [3.63, 3.8) is 0 Å². The first kappa shape index (κ1) is 16.9. The number of nitro benzene ring substituents is 1. The molecule has 0 spiro atoms. The number of carbonyl (C=O) groups is 1. The number of nitrogens with one attached hydrogen (secondary N) is 2. The van der Waals surface area contributed by atoms with Gasteiger partial charge < -0.3 is 16.4 Å². The average molecular weight is 340 g/mol. The topological polar surface area (TPSA) is 110 Å². The van der Waals surface area contributed by atoms with E-state index < -0.39 is 4.92 Å². The van der Waals surface area contributed by atoms with Crippen molar-refractivity contribution >= 4 is 17.3 Å². The normalized spacial score (nSPS) is 14.6. The molecule has 2 aromatic rings. The zero-order chi connectivity index (χ0) is 17.8. The molecule has 1 atom stereocenters. The Bertz CT molecular complexity index is 775. The number of amides is 1. The Balaban J connectivity index is 1.67. The van der Waals surface area contributed by atoms with E-state index in [4.69, 9.17) is 5.73 Å². The van der Waals surface area contributed by atoms with Gasteiger partial charge in [-0.1, -0.05) is 30.3 Å². The predicted octanol–water partition coefficient (Wildman–Crippen LogP) is 2.60. The molecule has 130 valence electrons. The van der Waals surface area contributed by atoms with Crippen LogP contribution in [0.2, 0.25) is 0 Å². The summed E-state index contributed by atoms with van der Waals surface area (Å²) in [6, 6.07) is 13.9. The van der Waals surface area contributed by atoms with Gasteiger partial charge in [-0.25, -0.2) is 0 Å². The molecular weight excluding hydrogens is 320 g/mol. The second-order valence-electron chi connectivity index (χ2n) is 6.13. The first-order valence-electron chi connectivity index (χ1n) is 8.18. The van der Waals surface area contributed by atoms with E-state index >= 15 is 0 Å². The number of rotatable bonds is 7. The molecule has 1 unspecified atom stereocenters. The summed E-state index contributed by atoms with van der Waals surface area (Å²) in [6.07, 6.45) is 2.02. The zero-order valence-corrected chi connectivity index (χ0v) is 13.6. The van der Waals surface area contributed by atoms with Gasteiger partial charge in [0.25, 0.3) is 11.6 Å². The highest BCUT2D eigenvalue weighted by atomic mass is 16.6. The number of nitrogens with zero attached hydrogens (tertiary/aromatic N) is 1. The molecular formula is C18H20N4O3. The molecule has 1 fully saturated rings. The van der Waals surface area contributed by atoms with Gasteiger partial charge in [0.05, 0.1) is 4.92 Å². The maximum absolute atomic E-state index is 12.3. The SMILES string of the molecule is NC(CNC(=O)c1ccc(NC2CC2)c([N+](=O)[O-])c1)c1ccccc1. The fraction of sp³-hybridized carbons (Fsp3) is 0.278. The largest absolute Gasteiger partial charge is 0.377 e. The van der Waals surface area contributed by atoms with Crippen LogP contribution in [0.1, 0.15) is 34.8 Å². The van der Waals surface area contributed by atoms with Crippen molar-refractivity contribution in [1.82, 2.24) is 5.32 Å². The van der Waals surface area contributed by atoms with Crippen LogP contribution in [-0.2, 0) is 0 Å². The summed E-state index contributed by atoms with van der Waals surface area (Å²) in [7, 11) is 0. The third-order valence-electron chi connectivity index (χ3n) is 4.10. The van der Waals surface area contributed by atoms with Crippen LogP contribution in [0.15, 0.2) is 48.5 Å². The van der Waals surface area contributed by atoms with Crippen molar-refractivity contribution in [3.05, 3.63) is 69.8 Å². The van der Waals surface area contributed by atoms with E-state index in [1.54, 1.807) is 12.1 Å². The van der Waals surface area contributed by atoms with Crippen molar-refractivity contribution in [3.8, 4) is 0 Å². The molecule has 0 heterocycles. The standard InChI is InChI=1S/C18H20N4O3/c19-15(12-4-2-1-3-5-12)11-20-18(23)13-6-9-16(21-14-7-8-14)17(10-13)22(24)25/h1-6,9-10,14-15,21H,7-8,11,19H2,(H,20,23). The van der Waals surface area contributed by atoms with E-state index in [0.29, 0.717) is 11.7 Å². The summed E-state index contributed by atoms with van der Waals surface area (Å²) < 4.78 is 0. The fourth-order valence-electron chi connectivity index (χ4n) is 2.52. The monoisotopic (exact) mass is 340 g/mol. The lowest BCUT2D eigenvalue weighted by molar-refractivity contribution is -0.384. The van der Waals surface area contributed by atoms with E-state index in [1.807, 2.05) is 30.3 Å². The van der Waals surface area contributed by atoms with Crippen molar-refractivity contribution in [1.29, 1.82) is 0 Å². The Hall–Kier alpha value is -2.93. The number of anilines is 1. The predicted molar refractivity (Wildman–Crippen MR) is 95.4 cm³/mol. The van der Waals surface area contributed by atoms with Crippen LogP contribution in [0, 0.1) is 10.1 Å². The number of nitro groups is 1. The highest BCUT2D eigenvalue weighted by Crippen LogP contribution is 2.31. The molecule has 7 nitrogen and oxygen atoms in total. The van der Waals surface area contributed by atoms with Crippen LogP contribution in [-0.4, -0.2) is 23.4 Å². The van der Waals surface area contributed by atoms with Crippen LogP contribution >= 0.6 is 0 Å². The van der Waals surface area contributed by atoms with Gasteiger partial charge in [-0.05, 0) is 30.5 Å². The summed E-state index contributed by atoms with van der Waals surface area (Å²) in [4.78, 5) is 23.1. The molecule has 0 saturated heterocycles. The van der Waals surface area contributed by atoms with Crippen LogP contribution in [0.3, 0.4) is 0 Å². The summed E-state index contributed by atoms with van der Waals surface area (Å²) >= 11 is 0. The Morgan fingerprint density at radius 3 is 2.60 bits per heavy atom. The van der Waals surface area contributed by atoms with E-state index in [9.17, 15) is 14.9 Å². The number of carbonyl (C=O) groups excluding carboxylic acids is 1. The minimum absolute atomic E-state index is 0.0908. The molecule has 1 saturated carbocycles. The van der Waals surface area contributed by atoms with Crippen molar-refractivity contribution in [2.45, 2.75) is 24.9 Å². The average Bonchev–Trinajstić information content (AvgIpc) is 3.44. The number of hydrogen-bond donors (Lipinski definition) is 3. The number of nitrogens with two attached hydrogens (primary N) is 1. The lowest BCUT2D eigenvalue weighted by atomic mass is 10.1. The van der Waals surface area contributed by atoms with Gasteiger partial charge >= 0.3 is 0 Å². The second-order valence-corrected chi connectivity index (χ2v) is 6.13.